The van der Waals surface area contributed by atoms with Crippen molar-refractivity contribution in [3.8, 4) is 0 Å². The Kier molecular flexibility index (Phi) is 5.91. The van der Waals surface area contributed by atoms with E-state index in [-0.39, 0.29) is 23.5 Å². The Morgan fingerprint density at radius 2 is 1.72 bits per heavy atom. The number of carbonyl (C=O) groups is 3. The summed E-state index contributed by atoms with van der Waals surface area (Å²) in [5.41, 5.74) is 0.450. The third-order valence-electron chi connectivity index (χ3n) is 4.99. The molecule has 1 saturated heterocycles. The van der Waals surface area contributed by atoms with Crippen LogP contribution in [0.25, 0.3) is 0 Å². The zero-order valence-corrected chi connectivity index (χ0v) is 15.5. The molecule has 0 amide bonds. The average molecular weight is 352 g/mol. The lowest BCUT2D eigenvalue weighted by atomic mass is 9.72. The minimum Gasteiger partial charge on any atom is -0.460 e. The van der Waals surface area contributed by atoms with E-state index in [0.29, 0.717) is 5.92 Å². The predicted molar refractivity (Wildman–Crippen MR) is 90.5 cm³/mol. The highest BCUT2D eigenvalue weighted by Crippen LogP contribution is 2.38. The van der Waals surface area contributed by atoms with Gasteiger partial charge in [-0.1, -0.05) is 27.4 Å². The lowest BCUT2D eigenvalue weighted by molar-refractivity contribution is -0.168. The Bertz CT molecular complexity index is 551. The molecule has 0 N–H and O–H groups in total. The molecule has 1 saturated carbocycles. The molecule has 0 aromatic heterocycles. The third-order valence-corrected chi connectivity index (χ3v) is 4.99. The largest absolute Gasteiger partial charge is 0.460 e. The molecule has 2 aliphatic rings. The summed E-state index contributed by atoms with van der Waals surface area (Å²) in [6.45, 7) is 11.6. The summed E-state index contributed by atoms with van der Waals surface area (Å²) in [7, 11) is 0. The van der Waals surface area contributed by atoms with Crippen LogP contribution in [0.3, 0.4) is 0 Å². The minimum absolute atomic E-state index is 0.00593. The van der Waals surface area contributed by atoms with Gasteiger partial charge < -0.3 is 14.2 Å². The zero-order valence-electron chi connectivity index (χ0n) is 15.5. The van der Waals surface area contributed by atoms with Crippen LogP contribution in [0.5, 0.6) is 0 Å². The van der Waals surface area contributed by atoms with Crippen molar-refractivity contribution >= 4 is 17.9 Å². The molecule has 2 atom stereocenters. The summed E-state index contributed by atoms with van der Waals surface area (Å²) in [4.78, 5) is 35.5. The van der Waals surface area contributed by atoms with Gasteiger partial charge in [-0.3, -0.25) is 0 Å². The van der Waals surface area contributed by atoms with E-state index in [1.54, 1.807) is 0 Å². The van der Waals surface area contributed by atoms with E-state index in [1.807, 2.05) is 0 Å². The van der Waals surface area contributed by atoms with Gasteiger partial charge in [0.05, 0.1) is 0 Å². The van der Waals surface area contributed by atoms with Gasteiger partial charge in [0.1, 0.15) is 6.10 Å². The molecule has 0 spiro atoms. The highest BCUT2D eigenvalue weighted by molar-refractivity contribution is 5.91. The molecular formula is C19H28O6. The van der Waals surface area contributed by atoms with E-state index < -0.39 is 30.1 Å². The summed E-state index contributed by atoms with van der Waals surface area (Å²) in [6, 6.07) is 0. The number of cyclic esters (lactones) is 1. The molecule has 0 radical (unpaired) electrons. The molecule has 6 nitrogen and oxygen atoms in total. The summed E-state index contributed by atoms with van der Waals surface area (Å²) in [6.07, 6.45) is 1.46. The van der Waals surface area contributed by atoms with Gasteiger partial charge >= 0.3 is 17.9 Å². The van der Waals surface area contributed by atoms with Crippen LogP contribution in [0.2, 0.25) is 0 Å². The van der Waals surface area contributed by atoms with E-state index in [1.165, 1.54) is 6.92 Å². The Hall–Kier alpha value is -1.85. The van der Waals surface area contributed by atoms with E-state index in [0.717, 1.165) is 25.7 Å². The average Bonchev–Trinajstić information content (AvgIpc) is 2.88. The Labute approximate surface area is 148 Å². The first kappa shape index (κ1) is 19.5. The van der Waals surface area contributed by atoms with Gasteiger partial charge in [-0.05, 0) is 43.9 Å². The number of carbonyl (C=O) groups excluding carboxylic acids is 3. The second kappa shape index (κ2) is 7.58. The topological polar surface area (TPSA) is 78.9 Å². The van der Waals surface area contributed by atoms with Crippen LogP contribution >= 0.6 is 0 Å². The van der Waals surface area contributed by atoms with E-state index in [2.05, 4.69) is 27.4 Å². The monoisotopic (exact) mass is 352 g/mol. The fraction of sp³-hybridized carbons (Fsp3) is 0.737. The maximum atomic E-state index is 12.2. The number of esters is 3. The Morgan fingerprint density at radius 3 is 2.24 bits per heavy atom. The van der Waals surface area contributed by atoms with Gasteiger partial charge in [-0.25, -0.2) is 14.4 Å². The van der Waals surface area contributed by atoms with E-state index in [4.69, 9.17) is 14.2 Å². The smallest absolute Gasteiger partial charge is 0.348 e. The molecule has 2 rings (SSSR count). The summed E-state index contributed by atoms with van der Waals surface area (Å²) >= 11 is 0. The lowest BCUT2D eigenvalue weighted by Gasteiger charge is -2.36. The van der Waals surface area contributed by atoms with Crippen LogP contribution in [0.15, 0.2) is 12.2 Å². The quantitative estimate of drug-likeness (QED) is 0.440. The molecule has 0 aromatic carbocycles. The molecule has 6 heteroatoms. The summed E-state index contributed by atoms with van der Waals surface area (Å²) < 4.78 is 15.5. The first-order valence-electron chi connectivity index (χ1n) is 8.85. The zero-order chi connectivity index (χ0) is 18.8. The van der Waals surface area contributed by atoms with Crippen molar-refractivity contribution < 1.29 is 28.6 Å². The normalized spacial score (nSPS) is 29.7. The first-order chi connectivity index (χ1) is 11.6. The molecule has 2 fully saturated rings. The molecule has 140 valence electrons. The van der Waals surface area contributed by atoms with Crippen molar-refractivity contribution in [3.63, 3.8) is 0 Å². The second-order valence-corrected chi connectivity index (χ2v) is 8.11. The highest BCUT2D eigenvalue weighted by atomic mass is 16.6. The van der Waals surface area contributed by atoms with Crippen LogP contribution in [0.4, 0.5) is 0 Å². The number of rotatable bonds is 4. The molecular weight excluding hydrogens is 324 g/mol. The Balaban J connectivity index is 1.81. The SMILES string of the molecule is C=C(C)C(=O)OC1CC(C(=O)OC2CCC(C(C)(C)C)CC2)OC1=O. The molecule has 0 aromatic rings. The van der Waals surface area contributed by atoms with Crippen molar-refractivity contribution in [3.05, 3.63) is 12.2 Å². The molecule has 1 aliphatic carbocycles. The first-order valence-corrected chi connectivity index (χ1v) is 8.85. The van der Waals surface area contributed by atoms with E-state index >= 15 is 0 Å². The fourth-order valence-electron chi connectivity index (χ4n) is 3.31. The predicted octanol–water partition coefficient (Wildman–Crippen LogP) is 2.94. The van der Waals surface area contributed by atoms with Crippen LogP contribution in [0.1, 0.15) is 59.8 Å². The van der Waals surface area contributed by atoms with Crippen molar-refractivity contribution in [1.82, 2.24) is 0 Å². The minimum atomic E-state index is -1.07. The lowest BCUT2D eigenvalue weighted by Crippen LogP contribution is -2.33. The maximum Gasteiger partial charge on any atom is 0.348 e. The maximum absolute atomic E-state index is 12.2. The Morgan fingerprint density at radius 1 is 1.12 bits per heavy atom. The summed E-state index contributed by atoms with van der Waals surface area (Å²) in [5, 5.41) is 0. The van der Waals surface area contributed by atoms with E-state index in [9.17, 15) is 14.4 Å². The van der Waals surface area contributed by atoms with Gasteiger partial charge in [0, 0.05) is 12.0 Å². The standard InChI is InChI=1S/C19H28O6/c1-11(2)16(20)24-15-10-14(25-18(15)22)17(21)23-13-8-6-12(7-9-13)19(3,4)5/h12-15H,1,6-10H2,2-5H3. The third kappa shape index (κ3) is 5.06. The van der Waals surface area contributed by atoms with Gasteiger partial charge in [0.25, 0.3) is 0 Å². The highest BCUT2D eigenvalue weighted by Gasteiger charge is 2.43. The van der Waals surface area contributed by atoms with Crippen LogP contribution in [-0.2, 0) is 28.6 Å². The fourth-order valence-corrected chi connectivity index (χ4v) is 3.31. The van der Waals surface area contributed by atoms with Crippen molar-refractivity contribution in [2.45, 2.75) is 78.1 Å². The van der Waals surface area contributed by atoms with Crippen LogP contribution in [0, 0.1) is 11.3 Å². The molecule has 25 heavy (non-hydrogen) atoms. The van der Waals surface area contributed by atoms with Crippen molar-refractivity contribution in [2.24, 2.45) is 11.3 Å². The van der Waals surface area contributed by atoms with Gasteiger partial charge in [-0.15, -0.1) is 0 Å². The van der Waals surface area contributed by atoms with Gasteiger partial charge in [-0.2, -0.15) is 0 Å². The molecule has 0 bridgehead atoms. The molecule has 2 unspecified atom stereocenters. The van der Waals surface area contributed by atoms with Gasteiger partial charge in [0.15, 0.2) is 0 Å². The van der Waals surface area contributed by atoms with Crippen molar-refractivity contribution in [1.29, 1.82) is 0 Å². The van der Waals surface area contributed by atoms with Crippen LogP contribution < -0.4 is 0 Å². The number of hydrogen-bond acceptors (Lipinski definition) is 6. The van der Waals surface area contributed by atoms with Crippen molar-refractivity contribution in [2.75, 3.05) is 0 Å². The molecule has 1 heterocycles. The van der Waals surface area contributed by atoms with Crippen LogP contribution in [-0.4, -0.2) is 36.2 Å². The van der Waals surface area contributed by atoms with Gasteiger partial charge in [0.2, 0.25) is 12.2 Å². The molecule has 1 aliphatic heterocycles. The summed E-state index contributed by atoms with van der Waals surface area (Å²) in [5.74, 6) is -1.32. The second-order valence-electron chi connectivity index (χ2n) is 8.11. The number of ether oxygens (including phenoxy) is 3. The number of hydrogen-bond donors (Lipinski definition) is 0.